The third kappa shape index (κ3) is 5.94. The Morgan fingerprint density at radius 3 is 2.56 bits per heavy atom. The number of amides is 1. The van der Waals surface area contributed by atoms with Crippen molar-refractivity contribution in [1.82, 2.24) is 5.32 Å². The first-order valence-corrected chi connectivity index (χ1v) is 8.11. The minimum Gasteiger partial charge on any atom is -0.368 e. The largest absolute Gasteiger partial charge is 0.368 e. The van der Waals surface area contributed by atoms with Crippen LogP contribution in [-0.4, -0.2) is 23.2 Å². The molecular formula is C16H13Cl2N5O4. The normalized spacial score (nSPS) is 11.4. The van der Waals surface area contributed by atoms with Gasteiger partial charge >= 0.3 is 0 Å². The van der Waals surface area contributed by atoms with Gasteiger partial charge in [-0.25, -0.2) is 0 Å². The van der Waals surface area contributed by atoms with Gasteiger partial charge < -0.3 is 10.6 Å². The van der Waals surface area contributed by atoms with Crippen molar-refractivity contribution in [3.8, 4) is 0 Å². The Labute approximate surface area is 163 Å². The molecule has 2 rings (SSSR count). The minimum atomic E-state index is -0.945. The monoisotopic (exact) mass is 409 g/mol. The van der Waals surface area contributed by atoms with Gasteiger partial charge in [0.1, 0.15) is 6.61 Å². The van der Waals surface area contributed by atoms with E-state index in [-0.39, 0.29) is 18.1 Å². The summed E-state index contributed by atoms with van der Waals surface area (Å²) in [5, 5.41) is 19.8. The SMILES string of the molecule is N/C(=N\N=C\c1c(Cl)cccc1Cl)NC(=O)c1ccccc1CO[N+](=O)[O-]. The van der Waals surface area contributed by atoms with Crippen molar-refractivity contribution in [1.29, 1.82) is 0 Å². The second-order valence-corrected chi connectivity index (χ2v) is 5.79. The van der Waals surface area contributed by atoms with Crippen molar-refractivity contribution in [3.05, 3.63) is 79.3 Å². The highest BCUT2D eigenvalue weighted by Crippen LogP contribution is 2.22. The fourth-order valence-corrected chi connectivity index (χ4v) is 2.48. The van der Waals surface area contributed by atoms with Crippen LogP contribution >= 0.6 is 23.2 Å². The van der Waals surface area contributed by atoms with Crippen molar-refractivity contribution >= 4 is 41.3 Å². The molecule has 1 amide bonds. The number of hydrogen-bond donors (Lipinski definition) is 2. The van der Waals surface area contributed by atoms with Crippen molar-refractivity contribution in [3.63, 3.8) is 0 Å². The molecule has 2 aromatic rings. The second-order valence-electron chi connectivity index (χ2n) is 4.97. The van der Waals surface area contributed by atoms with Gasteiger partial charge in [-0.1, -0.05) is 47.5 Å². The first-order chi connectivity index (χ1) is 12.9. The van der Waals surface area contributed by atoms with E-state index in [1.807, 2.05) is 0 Å². The van der Waals surface area contributed by atoms with E-state index in [0.29, 0.717) is 21.2 Å². The number of hydrogen-bond acceptors (Lipinski definition) is 6. The van der Waals surface area contributed by atoms with Crippen molar-refractivity contribution in [2.24, 2.45) is 15.9 Å². The molecule has 0 saturated carbocycles. The van der Waals surface area contributed by atoms with Crippen LogP contribution in [0.5, 0.6) is 0 Å². The second kappa shape index (κ2) is 9.51. The van der Waals surface area contributed by atoms with E-state index in [9.17, 15) is 14.9 Å². The lowest BCUT2D eigenvalue weighted by Crippen LogP contribution is -2.37. The predicted octanol–water partition coefficient (Wildman–Crippen LogP) is 2.78. The summed E-state index contributed by atoms with van der Waals surface area (Å²) in [6.45, 7) is -0.378. The van der Waals surface area contributed by atoms with Gasteiger partial charge in [0.05, 0.1) is 16.3 Å². The lowest BCUT2D eigenvalue weighted by molar-refractivity contribution is -0.763. The maximum atomic E-state index is 12.3. The molecule has 3 N–H and O–H groups in total. The third-order valence-corrected chi connectivity index (χ3v) is 3.84. The number of carbonyl (C=O) groups is 1. The topological polar surface area (TPSA) is 132 Å². The number of nitrogens with one attached hydrogen (secondary N) is 1. The number of carbonyl (C=O) groups excluding carboxylic acids is 1. The highest BCUT2D eigenvalue weighted by Gasteiger charge is 2.13. The Balaban J connectivity index is 2.08. The van der Waals surface area contributed by atoms with E-state index >= 15 is 0 Å². The number of nitrogens with zero attached hydrogens (tertiary/aromatic N) is 3. The van der Waals surface area contributed by atoms with Gasteiger partial charge in [-0.15, -0.1) is 15.2 Å². The van der Waals surface area contributed by atoms with Gasteiger partial charge in [0.25, 0.3) is 11.0 Å². The average Bonchev–Trinajstić information content (AvgIpc) is 2.62. The lowest BCUT2D eigenvalue weighted by Gasteiger charge is -2.08. The zero-order valence-electron chi connectivity index (χ0n) is 13.6. The fourth-order valence-electron chi connectivity index (χ4n) is 1.98. The molecule has 0 aliphatic rings. The van der Waals surface area contributed by atoms with Gasteiger partial charge in [0.2, 0.25) is 5.96 Å². The third-order valence-electron chi connectivity index (χ3n) is 3.18. The maximum absolute atomic E-state index is 12.3. The van der Waals surface area contributed by atoms with Crippen LogP contribution in [0.2, 0.25) is 10.0 Å². The summed E-state index contributed by atoms with van der Waals surface area (Å²) >= 11 is 12.0. The smallest absolute Gasteiger partial charge is 0.294 e. The van der Waals surface area contributed by atoms with Crippen LogP contribution in [0, 0.1) is 10.1 Å². The Bertz CT molecular complexity index is 897. The molecule has 140 valence electrons. The number of guanidine groups is 1. The molecule has 0 fully saturated rings. The molecule has 0 spiro atoms. The zero-order chi connectivity index (χ0) is 19.8. The maximum Gasteiger partial charge on any atom is 0.294 e. The van der Waals surface area contributed by atoms with Gasteiger partial charge in [0.15, 0.2) is 0 Å². The quantitative estimate of drug-likeness (QED) is 0.327. The minimum absolute atomic E-state index is 0.149. The standard InChI is InChI=1S/C16H13Cl2N5O4/c17-13-6-3-7-14(18)12(13)8-20-22-16(19)21-15(24)11-5-2-1-4-10(11)9-27-23(25)26/h1-8H,9H2,(H3,19,21,22,24)/b20-8+. The molecule has 0 aliphatic heterocycles. The Kier molecular flexibility index (Phi) is 7.09. The van der Waals surface area contributed by atoms with Crippen LogP contribution in [0.15, 0.2) is 52.7 Å². The van der Waals surface area contributed by atoms with Gasteiger partial charge in [-0.3, -0.25) is 10.1 Å². The van der Waals surface area contributed by atoms with Gasteiger partial charge in [-0.05, 0) is 23.8 Å². The summed E-state index contributed by atoms with van der Waals surface area (Å²) in [4.78, 5) is 26.9. The van der Waals surface area contributed by atoms with E-state index in [2.05, 4.69) is 20.4 Å². The van der Waals surface area contributed by atoms with Gasteiger partial charge in [0, 0.05) is 11.1 Å². The average molecular weight is 410 g/mol. The number of benzene rings is 2. The molecule has 0 unspecified atom stereocenters. The van der Waals surface area contributed by atoms with E-state index in [1.165, 1.54) is 18.3 Å². The predicted molar refractivity (Wildman–Crippen MR) is 101 cm³/mol. The van der Waals surface area contributed by atoms with Crippen LogP contribution in [-0.2, 0) is 11.4 Å². The fraction of sp³-hybridized carbons (Fsp3) is 0.0625. The summed E-state index contributed by atoms with van der Waals surface area (Å²) < 4.78 is 0. The van der Waals surface area contributed by atoms with E-state index in [4.69, 9.17) is 28.9 Å². The summed E-state index contributed by atoms with van der Waals surface area (Å²) in [5.74, 6) is -0.908. The van der Waals surface area contributed by atoms with E-state index in [1.54, 1.807) is 30.3 Å². The molecule has 0 bridgehead atoms. The highest BCUT2D eigenvalue weighted by atomic mass is 35.5. The van der Waals surface area contributed by atoms with Crippen LogP contribution < -0.4 is 11.1 Å². The summed E-state index contributed by atoms with van der Waals surface area (Å²) in [7, 11) is 0. The van der Waals surface area contributed by atoms with Crippen molar-refractivity contribution in [2.75, 3.05) is 0 Å². The van der Waals surface area contributed by atoms with Crippen molar-refractivity contribution < 1.29 is 14.7 Å². The molecule has 0 radical (unpaired) electrons. The first kappa shape index (κ1) is 20.1. The van der Waals surface area contributed by atoms with Crippen molar-refractivity contribution in [2.45, 2.75) is 6.61 Å². The lowest BCUT2D eigenvalue weighted by atomic mass is 10.1. The van der Waals surface area contributed by atoms with Crippen LogP contribution in [0.4, 0.5) is 0 Å². The number of nitrogens with two attached hydrogens (primary N) is 1. The van der Waals surface area contributed by atoms with E-state index < -0.39 is 11.0 Å². The Morgan fingerprint density at radius 1 is 1.22 bits per heavy atom. The Morgan fingerprint density at radius 2 is 1.89 bits per heavy atom. The summed E-state index contributed by atoms with van der Waals surface area (Å²) in [6, 6.07) is 11.1. The highest BCUT2D eigenvalue weighted by molar-refractivity contribution is 6.38. The molecule has 2 aromatic carbocycles. The molecule has 0 atom stereocenters. The zero-order valence-corrected chi connectivity index (χ0v) is 15.1. The molecule has 11 heteroatoms. The molecule has 9 nitrogen and oxygen atoms in total. The molecule has 0 heterocycles. The molecule has 0 saturated heterocycles. The van der Waals surface area contributed by atoms with E-state index in [0.717, 1.165) is 0 Å². The Hall–Kier alpha value is -3.17. The molecular weight excluding hydrogens is 397 g/mol. The molecule has 27 heavy (non-hydrogen) atoms. The molecule has 0 aliphatic carbocycles. The summed E-state index contributed by atoms with van der Waals surface area (Å²) in [5.41, 5.74) is 6.53. The first-order valence-electron chi connectivity index (χ1n) is 7.35. The van der Waals surface area contributed by atoms with Crippen LogP contribution in [0.25, 0.3) is 0 Å². The number of rotatable bonds is 6. The van der Waals surface area contributed by atoms with Gasteiger partial charge in [-0.2, -0.15) is 5.10 Å². The van der Waals surface area contributed by atoms with Crippen LogP contribution in [0.3, 0.4) is 0 Å². The van der Waals surface area contributed by atoms with Crippen LogP contribution in [0.1, 0.15) is 21.5 Å². The summed E-state index contributed by atoms with van der Waals surface area (Å²) in [6.07, 6.45) is 1.29. The molecule has 0 aromatic heterocycles. The number of halogens is 2.